The van der Waals surface area contributed by atoms with Crippen molar-refractivity contribution in [2.75, 3.05) is 6.61 Å². The maximum atomic E-state index is 11.8. The van der Waals surface area contributed by atoms with Gasteiger partial charge in [0.1, 0.15) is 12.2 Å². The first-order chi connectivity index (χ1) is 10.1. The summed E-state index contributed by atoms with van der Waals surface area (Å²) in [5.74, 6) is 0. The second kappa shape index (κ2) is 5.70. The molecular weight excluding hydrogens is 323 g/mol. The molecular formula is C10H15N2O9P. The van der Waals surface area contributed by atoms with Gasteiger partial charge in [-0.15, -0.1) is 0 Å². The van der Waals surface area contributed by atoms with Gasteiger partial charge in [0.2, 0.25) is 0 Å². The Labute approximate surface area is 123 Å². The maximum absolute atomic E-state index is 11.8. The number of aromatic nitrogens is 2. The third-order valence-corrected chi connectivity index (χ3v) is 3.96. The predicted molar refractivity (Wildman–Crippen MR) is 69.9 cm³/mol. The van der Waals surface area contributed by atoms with Crippen LogP contribution >= 0.6 is 7.82 Å². The zero-order valence-corrected chi connectivity index (χ0v) is 12.2. The van der Waals surface area contributed by atoms with Crippen LogP contribution < -0.4 is 11.2 Å². The lowest BCUT2D eigenvalue weighted by Gasteiger charge is -2.32. The summed E-state index contributed by atoms with van der Waals surface area (Å²) in [6.45, 7) is 0.449. The minimum atomic E-state index is -5.05. The van der Waals surface area contributed by atoms with Gasteiger partial charge in [0.15, 0.2) is 11.8 Å². The number of aliphatic hydroxyl groups is 2. The quantitative estimate of drug-likeness (QED) is 0.377. The Balaban J connectivity index is 2.53. The van der Waals surface area contributed by atoms with E-state index in [1.165, 1.54) is 0 Å². The molecule has 0 aliphatic carbocycles. The SMILES string of the molecule is C[C@@]1(OP(=O)(O)O)[C@H](O)[C@@H](CO)O[C@H]1n1ccc(=O)[nH]c1=O. The molecule has 0 spiro atoms. The Hall–Kier alpha value is -1.33. The molecule has 11 nitrogen and oxygen atoms in total. The van der Waals surface area contributed by atoms with Crippen LogP contribution in [0.3, 0.4) is 0 Å². The smallest absolute Gasteiger partial charge is 0.394 e. The van der Waals surface area contributed by atoms with Crippen LogP contribution in [0.5, 0.6) is 0 Å². The van der Waals surface area contributed by atoms with Gasteiger partial charge in [0.25, 0.3) is 5.56 Å². The van der Waals surface area contributed by atoms with Gasteiger partial charge in [-0.05, 0) is 6.92 Å². The largest absolute Gasteiger partial charge is 0.470 e. The average molecular weight is 338 g/mol. The van der Waals surface area contributed by atoms with Gasteiger partial charge in [-0.2, -0.15) is 0 Å². The zero-order valence-electron chi connectivity index (χ0n) is 11.3. The number of nitrogens with zero attached hydrogens (tertiary/aromatic N) is 1. The van der Waals surface area contributed by atoms with Gasteiger partial charge in [-0.1, -0.05) is 0 Å². The highest BCUT2D eigenvalue weighted by Gasteiger charge is 2.58. The number of nitrogens with one attached hydrogen (secondary N) is 1. The molecule has 2 rings (SSSR count). The molecule has 1 aromatic rings. The molecule has 4 atom stereocenters. The first kappa shape index (κ1) is 17.0. The fraction of sp³-hybridized carbons (Fsp3) is 0.600. The van der Waals surface area contributed by atoms with Crippen molar-refractivity contribution >= 4 is 7.82 Å². The van der Waals surface area contributed by atoms with Gasteiger partial charge in [-0.25, -0.2) is 9.36 Å². The highest BCUT2D eigenvalue weighted by molar-refractivity contribution is 7.46. The van der Waals surface area contributed by atoms with Crippen LogP contribution in [0.25, 0.3) is 0 Å². The number of rotatable bonds is 4. The first-order valence-corrected chi connectivity index (χ1v) is 7.63. The lowest BCUT2D eigenvalue weighted by Crippen LogP contribution is -2.48. The number of phosphoric acid groups is 1. The van der Waals surface area contributed by atoms with Crippen molar-refractivity contribution in [2.45, 2.75) is 31.0 Å². The minimum absolute atomic E-state index is 0.671. The summed E-state index contributed by atoms with van der Waals surface area (Å²) in [6, 6.07) is 0.987. The van der Waals surface area contributed by atoms with Crippen LogP contribution in [-0.4, -0.2) is 54.0 Å². The van der Waals surface area contributed by atoms with Crippen LogP contribution in [0.2, 0.25) is 0 Å². The van der Waals surface area contributed by atoms with E-state index in [0.29, 0.717) is 0 Å². The standard InChI is InChI=1S/C10H15N2O9P/c1-10(21-22(17,18)19)7(15)5(4-13)20-8(10)12-3-2-6(14)11-9(12)16/h2-3,5,7-8,13,15H,4H2,1H3,(H,11,14,16)(H2,17,18,19)/t5-,7-,8-,10-/m1/s1. The van der Waals surface area contributed by atoms with Crippen LogP contribution in [0.1, 0.15) is 13.2 Å². The van der Waals surface area contributed by atoms with Crippen molar-refractivity contribution < 1.29 is 33.8 Å². The molecule has 0 saturated carbocycles. The third kappa shape index (κ3) is 3.06. The highest BCUT2D eigenvalue weighted by Crippen LogP contribution is 2.50. The van der Waals surface area contributed by atoms with Crippen LogP contribution in [0.15, 0.2) is 21.9 Å². The van der Waals surface area contributed by atoms with E-state index in [-0.39, 0.29) is 0 Å². The van der Waals surface area contributed by atoms with E-state index in [1.54, 1.807) is 0 Å². The third-order valence-electron chi connectivity index (χ3n) is 3.33. The average Bonchev–Trinajstić information content (AvgIpc) is 2.60. The summed E-state index contributed by atoms with van der Waals surface area (Å²) in [6.07, 6.45) is -3.31. The summed E-state index contributed by atoms with van der Waals surface area (Å²) in [5, 5.41) is 19.3. The normalized spacial score (nSPS) is 32.3. The van der Waals surface area contributed by atoms with E-state index in [2.05, 4.69) is 4.52 Å². The molecule has 12 heteroatoms. The Morgan fingerprint density at radius 1 is 1.50 bits per heavy atom. The molecule has 0 amide bonds. The van der Waals surface area contributed by atoms with E-state index in [0.717, 1.165) is 23.8 Å². The van der Waals surface area contributed by atoms with Gasteiger partial charge in [0.05, 0.1) is 6.61 Å². The lowest BCUT2D eigenvalue weighted by atomic mass is 9.96. The van der Waals surface area contributed by atoms with E-state index in [1.807, 2.05) is 4.98 Å². The summed E-state index contributed by atoms with van der Waals surface area (Å²) in [4.78, 5) is 42.9. The van der Waals surface area contributed by atoms with Crippen LogP contribution in [0.4, 0.5) is 0 Å². The van der Waals surface area contributed by atoms with Crippen molar-refractivity contribution in [1.29, 1.82) is 0 Å². The molecule has 124 valence electrons. The van der Waals surface area contributed by atoms with Crippen molar-refractivity contribution in [3.05, 3.63) is 33.1 Å². The van der Waals surface area contributed by atoms with E-state index in [4.69, 9.17) is 19.6 Å². The van der Waals surface area contributed by atoms with Gasteiger partial charge < -0.3 is 24.7 Å². The summed E-state index contributed by atoms with van der Waals surface area (Å²) in [5.41, 5.74) is -3.64. The minimum Gasteiger partial charge on any atom is -0.394 e. The Bertz CT molecular complexity index is 709. The first-order valence-electron chi connectivity index (χ1n) is 6.10. The molecule has 0 bridgehead atoms. The lowest BCUT2D eigenvalue weighted by molar-refractivity contribution is -0.0934. The Morgan fingerprint density at radius 3 is 2.64 bits per heavy atom. The van der Waals surface area contributed by atoms with Crippen molar-refractivity contribution in [2.24, 2.45) is 0 Å². The molecule has 2 heterocycles. The molecule has 5 N–H and O–H groups in total. The molecule has 22 heavy (non-hydrogen) atoms. The zero-order chi connectivity index (χ0) is 16.7. The molecule has 1 saturated heterocycles. The Morgan fingerprint density at radius 2 is 2.14 bits per heavy atom. The molecule has 0 aromatic carbocycles. The molecule has 0 radical (unpaired) electrons. The maximum Gasteiger partial charge on any atom is 0.470 e. The van der Waals surface area contributed by atoms with E-state index >= 15 is 0 Å². The fourth-order valence-electron chi connectivity index (χ4n) is 2.34. The van der Waals surface area contributed by atoms with Gasteiger partial charge in [0, 0.05) is 12.3 Å². The molecule has 1 aliphatic rings. The number of hydrogen-bond acceptors (Lipinski definition) is 7. The number of phosphoric ester groups is 1. The van der Waals surface area contributed by atoms with E-state index < -0.39 is 49.7 Å². The topological polar surface area (TPSA) is 171 Å². The molecule has 1 fully saturated rings. The van der Waals surface area contributed by atoms with Crippen molar-refractivity contribution in [3.8, 4) is 0 Å². The van der Waals surface area contributed by atoms with E-state index in [9.17, 15) is 19.3 Å². The molecule has 1 aromatic heterocycles. The fourth-order valence-corrected chi connectivity index (χ4v) is 3.05. The highest BCUT2D eigenvalue weighted by atomic mass is 31.2. The van der Waals surface area contributed by atoms with Gasteiger partial charge >= 0.3 is 13.5 Å². The number of aliphatic hydroxyl groups excluding tert-OH is 2. The second-order valence-corrected chi connectivity index (χ2v) is 6.10. The number of ether oxygens (including phenoxy) is 1. The summed E-state index contributed by atoms with van der Waals surface area (Å²) >= 11 is 0. The molecule has 0 unspecified atom stereocenters. The van der Waals surface area contributed by atoms with Crippen LogP contribution in [0, 0.1) is 0 Å². The number of H-pyrrole nitrogens is 1. The predicted octanol–water partition coefficient (Wildman–Crippen LogP) is -2.34. The number of hydrogen-bond donors (Lipinski definition) is 5. The second-order valence-electron chi connectivity index (χ2n) is 4.94. The number of aromatic amines is 1. The summed E-state index contributed by atoms with van der Waals surface area (Å²) in [7, 11) is -5.05. The monoisotopic (exact) mass is 338 g/mol. The Kier molecular flexibility index (Phi) is 4.42. The van der Waals surface area contributed by atoms with Gasteiger partial charge in [-0.3, -0.25) is 18.9 Å². The van der Waals surface area contributed by atoms with Crippen molar-refractivity contribution in [3.63, 3.8) is 0 Å². The van der Waals surface area contributed by atoms with Crippen molar-refractivity contribution in [1.82, 2.24) is 9.55 Å². The van der Waals surface area contributed by atoms with Crippen LogP contribution in [-0.2, 0) is 13.8 Å². The summed E-state index contributed by atoms with van der Waals surface area (Å²) < 4.78 is 21.8. The molecule has 1 aliphatic heterocycles.